The minimum atomic E-state index is -0.589. The predicted molar refractivity (Wildman–Crippen MR) is 143 cm³/mol. The zero-order chi connectivity index (χ0) is 26.4. The van der Waals surface area contributed by atoms with Gasteiger partial charge in [-0.05, 0) is 63.3 Å². The fourth-order valence-electron chi connectivity index (χ4n) is 5.93. The SMILES string of the molecule is CSc1nc2c(c(N3CCN(C(=O)OC(C)(C)C)[C@@H](CC#N)C3)n1)CC[C@@]1(C[C@H](C)c3ccccc31)O2. The van der Waals surface area contributed by atoms with Crippen molar-refractivity contribution in [3.8, 4) is 11.9 Å². The van der Waals surface area contributed by atoms with Crippen LogP contribution in [-0.4, -0.2) is 58.5 Å². The van der Waals surface area contributed by atoms with E-state index in [1.165, 1.54) is 22.9 Å². The van der Waals surface area contributed by atoms with E-state index in [4.69, 9.17) is 19.4 Å². The molecule has 1 saturated heterocycles. The van der Waals surface area contributed by atoms with Gasteiger partial charge in [-0.2, -0.15) is 10.2 Å². The number of rotatable bonds is 3. The molecule has 3 heterocycles. The molecule has 0 unspecified atom stereocenters. The molecule has 1 aliphatic carbocycles. The van der Waals surface area contributed by atoms with Crippen LogP contribution in [0.2, 0.25) is 0 Å². The maximum atomic E-state index is 12.9. The Labute approximate surface area is 223 Å². The summed E-state index contributed by atoms with van der Waals surface area (Å²) < 4.78 is 12.4. The Hall–Kier alpha value is -2.99. The third-order valence-electron chi connectivity index (χ3n) is 7.54. The number of amides is 1. The molecule has 5 rings (SSSR count). The van der Waals surface area contributed by atoms with E-state index in [2.05, 4.69) is 42.2 Å². The van der Waals surface area contributed by atoms with Crippen molar-refractivity contribution in [2.24, 2.45) is 0 Å². The van der Waals surface area contributed by atoms with Gasteiger partial charge < -0.3 is 19.3 Å². The Morgan fingerprint density at radius 3 is 2.81 bits per heavy atom. The molecule has 2 aromatic rings. The van der Waals surface area contributed by atoms with Gasteiger partial charge >= 0.3 is 6.09 Å². The molecule has 196 valence electrons. The topological polar surface area (TPSA) is 91.6 Å². The van der Waals surface area contributed by atoms with E-state index in [0.29, 0.717) is 36.6 Å². The van der Waals surface area contributed by atoms with E-state index in [9.17, 15) is 10.1 Å². The number of hydrogen-bond donors (Lipinski definition) is 0. The standard InChI is InChI=1S/C28H35N5O3S/c1-18-16-28(22-9-7-6-8-20(18)22)12-10-21-23(30-25(37-5)31-24(21)35-28)32-14-15-33(19(17-32)11-13-29)26(34)36-27(2,3)4/h6-9,18-19H,10-12,14-17H2,1-5H3/t18-,19-,28-/m0/s1. The first kappa shape index (κ1) is 25.7. The molecule has 0 saturated carbocycles. The van der Waals surface area contributed by atoms with Crippen LogP contribution in [0.1, 0.15) is 69.6 Å². The van der Waals surface area contributed by atoms with Gasteiger partial charge in [-0.15, -0.1) is 0 Å². The second-order valence-electron chi connectivity index (χ2n) is 11.2. The van der Waals surface area contributed by atoms with Crippen LogP contribution in [0.25, 0.3) is 0 Å². The third kappa shape index (κ3) is 4.84. The monoisotopic (exact) mass is 521 g/mol. The largest absolute Gasteiger partial charge is 0.466 e. The van der Waals surface area contributed by atoms with Crippen LogP contribution in [0.4, 0.5) is 10.6 Å². The minimum absolute atomic E-state index is 0.229. The Morgan fingerprint density at radius 1 is 1.30 bits per heavy atom. The van der Waals surface area contributed by atoms with E-state index in [1.54, 1.807) is 4.90 Å². The molecule has 3 atom stereocenters. The average Bonchev–Trinajstić information content (AvgIpc) is 3.13. The fourth-order valence-corrected chi connectivity index (χ4v) is 6.28. The van der Waals surface area contributed by atoms with Gasteiger partial charge in [-0.1, -0.05) is 43.0 Å². The lowest BCUT2D eigenvalue weighted by Gasteiger charge is -2.43. The second kappa shape index (κ2) is 9.71. The number of aromatic nitrogens is 2. The van der Waals surface area contributed by atoms with E-state index in [0.717, 1.165) is 30.6 Å². The van der Waals surface area contributed by atoms with Crippen molar-refractivity contribution in [1.29, 1.82) is 5.26 Å². The molecule has 37 heavy (non-hydrogen) atoms. The summed E-state index contributed by atoms with van der Waals surface area (Å²) in [6, 6.07) is 10.6. The molecule has 0 radical (unpaired) electrons. The highest BCUT2D eigenvalue weighted by atomic mass is 32.2. The summed E-state index contributed by atoms with van der Waals surface area (Å²) in [5.41, 5.74) is 2.71. The highest BCUT2D eigenvalue weighted by molar-refractivity contribution is 7.98. The normalized spacial score (nSPS) is 24.8. The van der Waals surface area contributed by atoms with Crippen LogP contribution < -0.4 is 9.64 Å². The first-order chi connectivity index (χ1) is 17.6. The van der Waals surface area contributed by atoms with Gasteiger partial charge in [0.25, 0.3) is 0 Å². The third-order valence-corrected chi connectivity index (χ3v) is 8.08. The molecule has 1 fully saturated rings. The van der Waals surface area contributed by atoms with E-state index < -0.39 is 5.60 Å². The molecule has 0 bridgehead atoms. The summed E-state index contributed by atoms with van der Waals surface area (Å²) in [5, 5.41) is 10.2. The second-order valence-corrected chi connectivity index (χ2v) is 12.0. The van der Waals surface area contributed by atoms with Gasteiger partial charge in [0.1, 0.15) is 17.0 Å². The Bertz CT molecular complexity index is 1240. The summed E-state index contributed by atoms with van der Waals surface area (Å²) in [7, 11) is 0. The zero-order valence-corrected chi connectivity index (χ0v) is 23.1. The molecule has 1 aromatic carbocycles. The number of ether oxygens (including phenoxy) is 2. The molecule has 1 amide bonds. The predicted octanol–water partition coefficient (Wildman–Crippen LogP) is 5.27. The summed E-state index contributed by atoms with van der Waals surface area (Å²) in [4.78, 5) is 26.5. The molecule has 8 nitrogen and oxygen atoms in total. The number of hydrogen-bond acceptors (Lipinski definition) is 8. The van der Waals surface area contributed by atoms with Crippen molar-refractivity contribution in [3.63, 3.8) is 0 Å². The Kier molecular flexibility index (Phi) is 6.73. The first-order valence-electron chi connectivity index (χ1n) is 13.0. The van der Waals surface area contributed by atoms with Crippen LogP contribution in [0.5, 0.6) is 5.88 Å². The van der Waals surface area contributed by atoms with Gasteiger partial charge in [-0.25, -0.2) is 9.78 Å². The van der Waals surface area contributed by atoms with Gasteiger partial charge in [0, 0.05) is 19.6 Å². The zero-order valence-electron chi connectivity index (χ0n) is 22.3. The van der Waals surface area contributed by atoms with Crippen molar-refractivity contribution < 1.29 is 14.3 Å². The fraction of sp³-hybridized carbons (Fsp3) is 0.571. The lowest BCUT2D eigenvalue weighted by Crippen LogP contribution is -2.56. The minimum Gasteiger partial charge on any atom is -0.466 e. The van der Waals surface area contributed by atoms with Crippen LogP contribution in [0.3, 0.4) is 0 Å². The molecule has 2 aliphatic heterocycles. The van der Waals surface area contributed by atoms with E-state index in [-0.39, 0.29) is 24.2 Å². The average molecular weight is 522 g/mol. The van der Waals surface area contributed by atoms with Crippen molar-refractivity contribution in [2.75, 3.05) is 30.8 Å². The van der Waals surface area contributed by atoms with E-state index >= 15 is 0 Å². The number of carbonyl (C=O) groups excluding carboxylic acids is 1. The number of benzene rings is 1. The Balaban J connectivity index is 1.44. The molecule has 9 heteroatoms. The van der Waals surface area contributed by atoms with E-state index in [1.807, 2.05) is 27.0 Å². The number of nitrogens with zero attached hydrogens (tertiary/aromatic N) is 5. The summed E-state index contributed by atoms with van der Waals surface area (Å²) in [5.74, 6) is 1.96. The van der Waals surface area contributed by atoms with Gasteiger partial charge in [-0.3, -0.25) is 0 Å². The number of anilines is 1. The van der Waals surface area contributed by atoms with Gasteiger partial charge in [0.05, 0.1) is 24.1 Å². The first-order valence-corrected chi connectivity index (χ1v) is 14.2. The van der Waals surface area contributed by atoms with Crippen molar-refractivity contribution in [1.82, 2.24) is 14.9 Å². The maximum absolute atomic E-state index is 12.9. The molecule has 3 aliphatic rings. The number of carbonyl (C=O) groups is 1. The molecular weight excluding hydrogens is 486 g/mol. The number of fused-ring (bicyclic) bond motifs is 3. The van der Waals surface area contributed by atoms with Crippen LogP contribution in [0, 0.1) is 11.3 Å². The highest BCUT2D eigenvalue weighted by Gasteiger charge is 2.47. The summed E-state index contributed by atoms with van der Waals surface area (Å²) >= 11 is 1.49. The lowest BCUT2D eigenvalue weighted by atomic mass is 9.86. The number of piperazine rings is 1. The Morgan fingerprint density at radius 2 is 2.08 bits per heavy atom. The van der Waals surface area contributed by atoms with Crippen LogP contribution in [0.15, 0.2) is 29.4 Å². The quantitative estimate of drug-likeness (QED) is 0.399. The number of thioether (sulfide) groups is 1. The van der Waals surface area contributed by atoms with Crippen LogP contribution in [-0.2, 0) is 16.8 Å². The number of nitriles is 1. The van der Waals surface area contributed by atoms with Crippen molar-refractivity contribution in [3.05, 3.63) is 41.0 Å². The molecule has 0 N–H and O–H groups in total. The molecular formula is C28H35N5O3S. The highest BCUT2D eigenvalue weighted by Crippen LogP contribution is 2.52. The maximum Gasteiger partial charge on any atom is 0.410 e. The van der Waals surface area contributed by atoms with Crippen LogP contribution >= 0.6 is 11.8 Å². The molecule has 1 aromatic heterocycles. The summed E-state index contributed by atoms with van der Waals surface area (Å²) in [6.07, 6.45) is 4.45. The van der Waals surface area contributed by atoms with Gasteiger partial charge in [0.15, 0.2) is 5.16 Å². The van der Waals surface area contributed by atoms with Crippen molar-refractivity contribution >= 4 is 23.7 Å². The smallest absolute Gasteiger partial charge is 0.410 e. The summed E-state index contributed by atoms with van der Waals surface area (Å²) in [6.45, 7) is 9.41. The molecule has 1 spiro atoms. The van der Waals surface area contributed by atoms with Crippen molar-refractivity contribution in [2.45, 2.75) is 81.7 Å². The van der Waals surface area contributed by atoms with Gasteiger partial charge in [0.2, 0.25) is 5.88 Å². The lowest BCUT2D eigenvalue weighted by molar-refractivity contribution is 0.0142.